The number of para-hydroxylation sites is 4. The van der Waals surface area contributed by atoms with E-state index in [4.69, 9.17) is 0 Å². The molecule has 334 valence electrons. The Balaban J connectivity index is 0.000000698. The second-order valence-corrected chi connectivity index (χ2v) is 20.5. The standard InChI is InChI=1S/2C9H7N.2C8H6N2.4C5H12.C2H6/c2*1-2-6-9-8(4-1)5-3-7-10-9;1-3-7-4-2-6-10-8(7)9-5-1;1-2-4-8-7(3-1)9-5-6-10-8;4*1-5(2,3)4;1-2/h2*1-7H;2*1-6H;4*1-4H3;1-2H3. The van der Waals surface area contributed by atoms with Crippen LogP contribution in [0.25, 0.3) is 43.9 Å². The van der Waals surface area contributed by atoms with Crippen molar-refractivity contribution in [3.8, 4) is 0 Å². The molecule has 0 radical (unpaired) electrons. The third-order valence-corrected chi connectivity index (χ3v) is 5.78. The molecule has 0 unspecified atom stereocenters. The summed E-state index contributed by atoms with van der Waals surface area (Å²) in [5.41, 5.74) is 6.83. The molecule has 3 aromatic carbocycles. The molecule has 62 heavy (non-hydrogen) atoms. The molecule has 0 aliphatic rings. The van der Waals surface area contributed by atoms with Gasteiger partial charge in [0.25, 0.3) is 0 Å². The number of nitrogens with zero attached hydrogens (tertiary/aromatic N) is 6. The van der Waals surface area contributed by atoms with E-state index in [-0.39, 0.29) is 0 Å². The fraction of sp³-hybridized carbons (Fsp3) is 0.393. The van der Waals surface area contributed by atoms with Crippen LogP contribution in [-0.2, 0) is 0 Å². The van der Waals surface area contributed by atoms with Gasteiger partial charge in [-0.2, -0.15) is 0 Å². The SMILES string of the molecule is CC.CC(C)(C)C.CC(C)(C)C.CC(C)(C)C.CC(C)(C)C.c1ccc2ncccc2c1.c1ccc2ncccc2c1.c1ccc2nccnc2c1.c1cnc2ncccc2c1. The third-order valence-electron chi connectivity index (χ3n) is 5.78. The van der Waals surface area contributed by atoms with Crippen molar-refractivity contribution < 1.29 is 0 Å². The van der Waals surface area contributed by atoms with Gasteiger partial charge < -0.3 is 0 Å². The minimum atomic E-state index is 0.500. The molecular formula is C56H80N6. The molecule has 0 saturated heterocycles. The lowest BCUT2D eigenvalue weighted by Crippen LogP contribution is -1.93. The van der Waals surface area contributed by atoms with Gasteiger partial charge in [0.1, 0.15) is 0 Å². The molecule has 0 aliphatic heterocycles. The average molecular weight is 837 g/mol. The number of hydrogen-bond acceptors (Lipinski definition) is 6. The highest BCUT2D eigenvalue weighted by Crippen LogP contribution is 2.11. The first kappa shape index (κ1) is 56.4. The van der Waals surface area contributed by atoms with Crippen LogP contribution in [0.4, 0.5) is 0 Å². The Hall–Kier alpha value is -5.62. The van der Waals surface area contributed by atoms with Gasteiger partial charge in [0, 0.05) is 53.3 Å². The number of fused-ring (bicyclic) bond motifs is 4. The first-order valence-corrected chi connectivity index (χ1v) is 21.8. The van der Waals surface area contributed by atoms with E-state index < -0.39 is 0 Å². The maximum absolute atomic E-state index is 4.18. The molecule has 5 heterocycles. The quantitative estimate of drug-likeness (QED) is 0.151. The Morgan fingerprint density at radius 1 is 0.242 bits per heavy atom. The lowest BCUT2D eigenvalue weighted by atomic mass is 10.0. The van der Waals surface area contributed by atoms with Crippen molar-refractivity contribution in [3.05, 3.63) is 159 Å². The molecule has 0 N–H and O–H groups in total. The van der Waals surface area contributed by atoms with Crippen LogP contribution in [0.5, 0.6) is 0 Å². The normalized spacial score (nSPS) is 10.4. The van der Waals surface area contributed by atoms with Gasteiger partial charge >= 0.3 is 0 Å². The number of hydrogen-bond donors (Lipinski definition) is 0. The minimum Gasteiger partial charge on any atom is -0.256 e. The van der Waals surface area contributed by atoms with E-state index >= 15 is 0 Å². The van der Waals surface area contributed by atoms with Crippen LogP contribution in [0.15, 0.2) is 159 Å². The zero-order chi connectivity index (χ0) is 47.2. The highest BCUT2D eigenvalue weighted by molar-refractivity contribution is 5.78. The maximum atomic E-state index is 4.18. The second-order valence-electron chi connectivity index (χ2n) is 20.5. The summed E-state index contributed by atoms with van der Waals surface area (Å²) in [6.45, 7) is 39.0. The molecule has 0 fully saturated rings. The van der Waals surface area contributed by atoms with Crippen LogP contribution in [0.1, 0.15) is 125 Å². The minimum absolute atomic E-state index is 0.500. The summed E-state index contributed by atoms with van der Waals surface area (Å²) in [7, 11) is 0. The fourth-order valence-corrected chi connectivity index (χ4v) is 3.85. The van der Waals surface area contributed by atoms with Crippen molar-refractivity contribution in [2.45, 2.75) is 125 Å². The van der Waals surface area contributed by atoms with Crippen molar-refractivity contribution >= 4 is 43.9 Å². The van der Waals surface area contributed by atoms with Crippen molar-refractivity contribution in [1.29, 1.82) is 0 Å². The lowest BCUT2D eigenvalue weighted by molar-refractivity contribution is 0.469. The largest absolute Gasteiger partial charge is 0.256 e. The molecule has 0 saturated carbocycles. The zero-order valence-electron chi connectivity index (χ0n) is 41.7. The predicted octanol–water partition coefficient (Wildman–Crippen LogP) is 17.0. The molecule has 0 spiro atoms. The van der Waals surface area contributed by atoms with E-state index in [1.54, 1.807) is 24.8 Å². The smallest absolute Gasteiger partial charge is 0.159 e. The number of pyridine rings is 4. The summed E-state index contributed by atoms with van der Waals surface area (Å²) in [5.74, 6) is 0. The monoisotopic (exact) mass is 837 g/mol. The van der Waals surface area contributed by atoms with Crippen molar-refractivity contribution in [2.75, 3.05) is 0 Å². The second kappa shape index (κ2) is 29.6. The summed E-state index contributed by atoms with van der Waals surface area (Å²) in [4.78, 5) is 24.7. The van der Waals surface area contributed by atoms with Crippen LogP contribution < -0.4 is 0 Å². The average Bonchev–Trinajstić information content (AvgIpc) is 3.20. The van der Waals surface area contributed by atoms with Gasteiger partial charge in [-0.3, -0.25) is 19.9 Å². The highest BCUT2D eigenvalue weighted by Gasteiger charge is 1.97. The van der Waals surface area contributed by atoms with Crippen LogP contribution in [0, 0.1) is 21.7 Å². The Labute approximate surface area is 377 Å². The summed E-state index contributed by atoms with van der Waals surface area (Å²) in [5, 5.41) is 3.49. The van der Waals surface area contributed by atoms with Gasteiger partial charge in [-0.25, -0.2) is 9.97 Å². The van der Waals surface area contributed by atoms with E-state index in [0.29, 0.717) is 21.7 Å². The Morgan fingerprint density at radius 3 is 0.726 bits per heavy atom. The van der Waals surface area contributed by atoms with E-state index in [2.05, 4.69) is 165 Å². The molecule has 0 bridgehead atoms. The molecule has 6 nitrogen and oxygen atoms in total. The maximum Gasteiger partial charge on any atom is 0.159 e. The third kappa shape index (κ3) is 35.2. The topological polar surface area (TPSA) is 77.3 Å². The molecule has 0 amide bonds. The molecule has 0 atom stereocenters. The molecular weight excluding hydrogens is 757 g/mol. The Morgan fingerprint density at radius 2 is 0.452 bits per heavy atom. The summed E-state index contributed by atoms with van der Waals surface area (Å²) < 4.78 is 0. The van der Waals surface area contributed by atoms with Gasteiger partial charge in [-0.05, 0) is 82.3 Å². The van der Waals surface area contributed by atoms with Crippen LogP contribution in [-0.4, -0.2) is 29.9 Å². The summed E-state index contributed by atoms with van der Waals surface area (Å²) >= 11 is 0. The molecule has 8 aromatic rings. The zero-order valence-corrected chi connectivity index (χ0v) is 41.7. The molecule has 0 aliphatic carbocycles. The van der Waals surface area contributed by atoms with Crippen LogP contribution in [0.2, 0.25) is 0 Å². The lowest BCUT2D eigenvalue weighted by Gasteiger charge is -2.05. The summed E-state index contributed by atoms with van der Waals surface area (Å²) in [6, 6.07) is 39.8. The van der Waals surface area contributed by atoms with Crippen molar-refractivity contribution in [2.24, 2.45) is 21.7 Å². The van der Waals surface area contributed by atoms with Gasteiger partial charge in [0.15, 0.2) is 5.65 Å². The Kier molecular flexibility index (Phi) is 26.9. The molecule has 6 heteroatoms. The summed E-state index contributed by atoms with van der Waals surface area (Å²) in [6.07, 6.45) is 10.5. The van der Waals surface area contributed by atoms with Gasteiger partial charge in [-0.15, -0.1) is 0 Å². The first-order valence-electron chi connectivity index (χ1n) is 21.8. The number of benzene rings is 3. The van der Waals surface area contributed by atoms with Crippen LogP contribution in [0.3, 0.4) is 0 Å². The van der Waals surface area contributed by atoms with Gasteiger partial charge in [0.2, 0.25) is 0 Å². The van der Waals surface area contributed by atoms with E-state index in [0.717, 1.165) is 33.1 Å². The van der Waals surface area contributed by atoms with Crippen molar-refractivity contribution in [3.63, 3.8) is 0 Å². The molecule has 5 aromatic heterocycles. The van der Waals surface area contributed by atoms with Gasteiger partial charge in [-0.1, -0.05) is 185 Å². The van der Waals surface area contributed by atoms with Crippen LogP contribution >= 0.6 is 0 Å². The fourth-order valence-electron chi connectivity index (χ4n) is 3.85. The highest BCUT2D eigenvalue weighted by atomic mass is 14.8. The first-order chi connectivity index (χ1) is 28.9. The molecule has 8 rings (SSSR count). The van der Waals surface area contributed by atoms with E-state index in [1.165, 1.54) is 10.8 Å². The van der Waals surface area contributed by atoms with Crippen molar-refractivity contribution in [1.82, 2.24) is 29.9 Å². The Bertz CT molecular complexity index is 1710. The van der Waals surface area contributed by atoms with E-state index in [9.17, 15) is 0 Å². The number of rotatable bonds is 0. The van der Waals surface area contributed by atoms with Gasteiger partial charge in [0.05, 0.1) is 22.1 Å². The predicted molar refractivity (Wildman–Crippen MR) is 274 cm³/mol. The van der Waals surface area contributed by atoms with E-state index in [1.807, 2.05) is 123 Å². The number of aromatic nitrogens is 6.